The molecule has 0 saturated heterocycles. The Bertz CT molecular complexity index is 2350. The second-order valence-corrected chi connectivity index (χ2v) is 15.9. The molecule has 0 unspecified atom stereocenters. The largest absolute Gasteiger partial charge is 2.00 e. The van der Waals surface area contributed by atoms with Gasteiger partial charge in [0.15, 0.2) is 0 Å². The minimum Gasteiger partial charge on any atom is -0.509 e. The van der Waals surface area contributed by atoms with Crippen LogP contribution >= 0.6 is 0 Å². The molecule has 7 rings (SSSR count). The van der Waals surface area contributed by atoms with E-state index < -0.39 is 0 Å². The van der Waals surface area contributed by atoms with E-state index in [4.69, 9.17) is 14.8 Å². The van der Waals surface area contributed by atoms with Gasteiger partial charge >= 0.3 is 21.1 Å². The number of rotatable bonds is 7. The third-order valence-electron chi connectivity index (χ3n) is 9.26. The molecule has 0 fully saturated rings. The second kappa shape index (κ2) is 13.9. The maximum atomic E-state index is 6.44. The van der Waals surface area contributed by atoms with Gasteiger partial charge < -0.3 is 9.30 Å². The van der Waals surface area contributed by atoms with Crippen molar-refractivity contribution in [1.82, 2.24) is 19.3 Å². The minimum absolute atomic E-state index is 0. The molecule has 0 aliphatic rings. The molecule has 0 radical (unpaired) electrons. The van der Waals surface area contributed by atoms with Crippen molar-refractivity contribution in [2.24, 2.45) is 5.92 Å². The number of fused-ring (bicyclic) bond motifs is 3. The molecule has 0 N–H and O–H groups in total. The van der Waals surface area contributed by atoms with Crippen LogP contribution in [0.25, 0.3) is 44.4 Å². The van der Waals surface area contributed by atoms with Crippen LogP contribution in [0.5, 0.6) is 11.5 Å². The van der Waals surface area contributed by atoms with E-state index in [-0.39, 0.29) is 31.9 Å². The molecule has 51 heavy (non-hydrogen) atoms. The van der Waals surface area contributed by atoms with Crippen LogP contribution in [0.3, 0.4) is 0 Å². The van der Waals surface area contributed by atoms with E-state index in [1.54, 1.807) is 0 Å². The summed E-state index contributed by atoms with van der Waals surface area (Å²) in [5.74, 6) is 2.61. The summed E-state index contributed by atoms with van der Waals surface area (Å²) >= 11 is 0. The number of aryl methyl sites for hydroxylation is 1. The van der Waals surface area contributed by atoms with Gasteiger partial charge in [-0.2, -0.15) is 17.2 Å². The summed E-state index contributed by atoms with van der Waals surface area (Å²) in [7, 11) is 0. The first-order valence-corrected chi connectivity index (χ1v) is 17.6. The number of pyridine rings is 1. The topological polar surface area (TPSA) is 44.9 Å². The van der Waals surface area contributed by atoms with Gasteiger partial charge in [-0.3, -0.25) is 4.68 Å². The van der Waals surface area contributed by atoms with Crippen LogP contribution in [0.15, 0.2) is 97.5 Å². The average Bonchev–Trinajstić information content (AvgIpc) is 3.67. The van der Waals surface area contributed by atoms with Crippen molar-refractivity contribution in [2.45, 2.75) is 79.6 Å². The van der Waals surface area contributed by atoms with E-state index in [1.807, 2.05) is 47.4 Å². The van der Waals surface area contributed by atoms with Crippen molar-refractivity contribution in [3.63, 3.8) is 0 Å². The Labute approximate surface area is 317 Å². The normalized spacial score (nSPS) is 12.1. The van der Waals surface area contributed by atoms with Crippen molar-refractivity contribution in [3.05, 3.63) is 132 Å². The summed E-state index contributed by atoms with van der Waals surface area (Å²) in [6.07, 6.45) is 7.03. The molecule has 262 valence electrons. The van der Waals surface area contributed by atoms with Gasteiger partial charge in [0.25, 0.3) is 0 Å². The molecular formula is C45H46N4OPt. The summed E-state index contributed by atoms with van der Waals surface area (Å²) in [4.78, 5) is 4.71. The zero-order chi connectivity index (χ0) is 35.4. The van der Waals surface area contributed by atoms with Gasteiger partial charge in [-0.15, -0.1) is 35.7 Å². The van der Waals surface area contributed by atoms with Crippen LogP contribution in [0, 0.1) is 25.0 Å². The quantitative estimate of drug-likeness (QED) is 0.150. The molecule has 0 atom stereocenters. The predicted molar refractivity (Wildman–Crippen MR) is 206 cm³/mol. The summed E-state index contributed by atoms with van der Waals surface area (Å²) in [6, 6.07) is 34.2. The molecule has 3 aromatic heterocycles. The maximum absolute atomic E-state index is 6.44. The summed E-state index contributed by atoms with van der Waals surface area (Å²) in [5.41, 5.74) is 10.4. The first-order chi connectivity index (χ1) is 23.8. The van der Waals surface area contributed by atoms with Gasteiger partial charge in [0.1, 0.15) is 5.82 Å². The van der Waals surface area contributed by atoms with Crippen LogP contribution in [-0.4, -0.2) is 19.3 Å². The Morgan fingerprint density at radius 3 is 2.29 bits per heavy atom. The fourth-order valence-electron chi connectivity index (χ4n) is 7.18. The summed E-state index contributed by atoms with van der Waals surface area (Å²) < 4.78 is 10.5. The zero-order valence-electron chi connectivity index (χ0n) is 31.0. The second-order valence-electron chi connectivity index (χ2n) is 15.9. The third kappa shape index (κ3) is 7.19. The van der Waals surface area contributed by atoms with Crippen molar-refractivity contribution >= 4 is 21.8 Å². The smallest absolute Gasteiger partial charge is 0.509 e. The Balaban J connectivity index is 0.00000448. The van der Waals surface area contributed by atoms with Crippen LogP contribution in [0.1, 0.15) is 77.6 Å². The monoisotopic (exact) mass is 853 g/mol. The SMILES string of the molecule is Cc1ccnc(-n2c3[c-]c(Oc4[c-]c(-n5cc(-c6c(C(C)(C)C)ccc(CC(C)C)c6C(C)(C)C)cn5)ccc4)ccc3c3ccccc32)c1.[Pt+2]. The molecule has 0 amide bonds. The number of benzene rings is 4. The van der Waals surface area contributed by atoms with Crippen LogP contribution < -0.4 is 4.74 Å². The first-order valence-electron chi connectivity index (χ1n) is 17.6. The van der Waals surface area contributed by atoms with Gasteiger partial charge in [-0.25, -0.2) is 4.98 Å². The van der Waals surface area contributed by atoms with Crippen molar-refractivity contribution < 1.29 is 25.8 Å². The molecule has 0 spiro atoms. The Kier molecular flexibility index (Phi) is 9.91. The number of hydrogen-bond acceptors (Lipinski definition) is 3. The van der Waals surface area contributed by atoms with Crippen molar-refractivity contribution in [3.8, 4) is 34.1 Å². The van der Waals surface area contributed by atoms with Crippen molar-refractivity contribution in [1.29, 1.82) is 0 Å². The molecule has 0 saturated carbocycles. The first kappa shape index (κ1) is 36.3. The van der Waals surface area contributed by atoms with Crippen LogP contribution in [-0.2, 0) is 38.3 Å². The fraction of sp³-hybridized carbons (Fsp3) is 0.289. The maximum Gasteiger partial charge on any atom is 2.00 e. The third-order valence-corrected chi connectivity index (χ3v) is 9.26. The van der Waals surface area contributed by atoms with E-state index >= 15 is 0 Å². The number of nitrogens with zero attached hydrogens (tertiary/aromatic N) is 4. The molecular weight excluding hydrogens is 808 g/mol. The van der Waals surface area contributed by atoms with E-state index in [0.29, 0.717) is 17.4 Å². The molecule has 0 aliphatic carbocycles. The fourth-order valence-corrected chi connectivity index (χ4v) is 7.18. The molecule has 0 aliphatic heterocycles. The van der Waals surface area contributed by atoms with E-state index in [1.165, 1.54) is 22.3 Å². The van der Waals surface area contributed by atoms with Gasteiger partial charge in [0.05, 0.1) is 6.20 Å². The Morgan fingerprint density at radius 1 is 0.804 bits per heavy atom. The number of ether oxygens (including phenoxy) is 1. The Morgan fingerprint density at radius 2 is 1.57 bits per heavy atom. The van der Waals surface area contributed by atoms with Gasteiger partial charge in [0.2, 0.25) is 0 Å². The van der Waals surface area contributed by atoms with Gasteiger partial charge in [-0.05, 0) is 87.2 Å². The van der Waals surface area contributed by atoms with Gasteiger partial charge in [-0.1, -0.05) is 91.2 Å². The molecule has 4 aromatic carbocycles. The molecule has 0 bridgehead atoms. The van der Waals surface area contributed by atoms with Gasteiger partial charge in [0, 0.05) is 35.0 Å². The zero-order valence-corrected chi connectivity index (χ0v) is 33.3. The predicted octanol–water partition coefficient (Wildman–Crippen LogP) is 11.5. The molecule has 6 heteroatoms. The molecule has 7 aromatic rings. The van der Waals surface area contributed by atoms with E-state index in [0.717, 1.165) is 50.9 Å². The summed E-state index contributed by atoms with van der Waals surface area (Å²) in [6.45, 7) is 20.5. The number of aromatic nitrogens is 4. The number of hydrogen-bond donors (Lipinski definition) is 0. The van der Waals surface area contributed by atoms with E-state index in [9.17, 15) is 0 Å². The standard InChI is InChI=1S/C45H46N4O.Pt/c1-29(2)23-31-17-20-38(44(4,5)6)42(43(31)45(7,8)9)32-27-47-48(28-32)33-13-12-14-34(25-33)50-35-18-19-37-36-15-10-11-16-39(36)49(40(37)26-35)41-24-30(3)21-22-46-41;/h10-22,24,27-29H,23H2,1-9H3;/q-2;+2. The molecule has 3 heterocycles. The Hall–Kier alpha value is -4.47. The average molecular weight is 854 g/mol. The molecule has 5 nitrogen and oxygen atoms in total. The van der Waals surface area contributed by atoms with E-state index in [2.05, 4.69) is 134 Å². The summed E-state index contributed by atoms with van der Waals surface area (Å²) in [5, 5.41) is 7.12. The number of para-hydroxylation sites is 1. The minimum atomic E-state index is -0.0402. The van der Waals surface area contributed by atoms with Crippen LogP contribution in [0.4, 0.5) is 0 Å². The van der Waals surface area contributed by atoms with Crippen LogP contribution in [0.2, 0.25) is 0 Å². The van der Waals surface area contributed by atoms with Crippen molar-refractivity contribution in [2.75, 3.05) is 0 Å².